The number of likely N-dealkylation sites (N-methyl/N-ethyl adjacent to an activating group) is 1. The highest BCUT2D eigenvalue weighted by atomic mass is 16.6. The molecule has 1 aromatic carbocycles. The molecule has 0 aliphatic carbocycles. The Morgan fingerprint density at radius 1 is 1.03 bits per heavy atom. The molecule has 2 saturated heterocycles. The van der Waals surface area contributed by atoms with Crippen molar-refractivity contribution in [3.05, 3.63) is 54.4 Å². The molecule has 0 spiro atoms. The summed E-state index contributed by atoms with van der Waals surface area (Å²) >= 11 is 0. The number of fused-ring (bicyclic) bond motifs is 1. The van der Waals surface area contributed by atoms with Gasteiger partial charge in [-0.3, -0.25) is 9.80 Å². The van der Waals surface area contributed by atoms with Gasteiger partial charge in [0.25, 0.3) is 0 Å². The normalized spacial score (nSPS) is 21.7. The van der Waals surface area contributed by atoms with Crippen molar-refractivity contribution in [3.8, 4) is 11.1 Å². The number of ether oxygens (including phenoxy) is 1. The predicted molar refractivity (Wildman–Crippen MR) is 148 cm³/mol. The smallest absolute Gasteiger partial charge is 0.409 e. The van der Waals surface area contributed by atoms with E-state index in [-0.39, 0.29) is 11.6 Å². The Hall–Kier alpha value is -3.10. The summed E-state index contributed by atoms with van der Waals surface area (Å²) in [5.74, 6) is 0. The zero-order valence-corrected chi connectivity index (χ0v) is 22.9. The summed E-state index contributed by atoms with van der Waals surface area (Å²) in [4.78, 5) is 21.3. The number of amides is 1. The quantitative estimate of drug-likeness (QED) is 0.520. The van der Waals surface area contributed by atoms with Gasteiger partial charge in [0.15, 0.2) is 0 Å². The van der Waals surface area contributed by atoms with Crippen LogP contribution in [0.3, 0.4) is 0 Å². The van der Waals surface area contributed by atoms with Crippen LogP contribution in [0.5, 0.6) is 0 Å². The molecule has 2 fully saturated rings. The van der Waals surface area contributed by atoms with Gasteiger partial charge in [0, 0.05) is 69.8 Å². The largest absolute Gasteiger partial charge is 0.450 e. The molecule has 2 aliphatic rings. The van der Waals surface area contributed by atoms with E-state index in [1.807, 2.05) is 17.6 Å². The highest BCUT2D eigenvalue weighted by Crippen LogP contribution is 2.34. The molecule has 0 bridgehead atoms. The summed E-state index contributed by atoms with van der Waals surface area (Å²) in [5.41, 5.74) is 5.92. The fraction of sp³-hybridized carbons (Fsp3) is 0.517. The van der Waals surface area contributed by atoms with Gasteiger partial charge in [-0.25, -0.2) is 9.31 Å². The standard InChI is InChI=1S/C29H40N6O2/c1-6-37-28(36)33-17-15-32(16-18-33)26-11-12-30-35-20-24(19-27(26)35)23-7-9-25(10-8-23)29(4)21-34(22(2)3)14-13-31(29)5/h7-12,19-20,22H,6,13-18,21H2,1-5H3. The Morgan fingerprint density at radius 2 is 1.76 bits per heavy atom. The monoisotopic (exact) mass is 504 g/mol. The first-order valence-corrected chi connectivity index (χ1v) is 13.5. The summed E-state index contributed by atoms with van der Waals surface area (Å²) in [6.07, 6.45) is 3.74. The molecule has 4 heterocycles. The third-order valence-electron chi connectivity index (χ3n) is 8.28. The molecule has 198 valence electrons. The third-order valence-corrected chi connectivity index (χ3v) is 8.28. The predicted octanol–water partition coefficient (Wildman–Crippen LogP) is 4.15. The first-order chi connectivity index (χ1) is 17.8. The van der Waals surface area contributed by atoms with Crippen molar-refractivity contribution in [1.82, 2.24) is 24.3 Å². The molecule has 0 saturated carbocycles. The van der Waals surface area contributed by atoms with Gasteiger partial charge in [-0.15, -0.1) is 0 Å². The van der Waals surface area contributed by atoms with Crippen LogP contribution in [0.15, 0.2) is 48.8 Å². The van der Waals surface area contributed by atoms with Crippen LogP contribution in [0.4, 0.5) is 10.5 Å². The molecule has 1 amide bonds. The van der Waals surface area contributed by atoms with Crippen molar-refractivity contribution >= 4 is 17.3 Å². The van der Waals surface area contributed by atoms with Gasteiger partial charge in [0.1, 0.15) is 0 Å². The van der Waals surface area contributed by atoms with E-state index in [1.165, 1.54) is 11.1 Å². The van der Waals surface area contributed by atoms with E-state index >= 15 is 0 Å². The maximum atomic E-state index is 12.1. The number of hydrogen-bond acceptors (Lipinski definition) is 6. The summed E-state index contributed by atoms with van der Waals surface area (Å²) < 4.78 is 7.13. The molecular formula is C29H40N6O2. The molecule has 3 aromatic rings. The minimum absolute atomic E-state index is 0.00699. The topological polar surface area (TPSA) is 56.6 Å². The zero-order chi connectivity index (χ0) is 26.2. The van der Waals surface area contributed by atoms with Crippen molar-refractivity contribution < 1.29 is 9.53 Å². The van der Waals surface area contributed by atoms with E-state index in [1.54, 1.807) is 4.90 Å². The first kappa shape index (κ1) is 25.5. The van der Waals surface area contributed by atoms with E-state index in [0.29, 0.717) is 25.7 Å². The van der Waals surface area contributed by atoms with Crippen molar-refractivity contribution in [2.45, 2.75) is 39.3 Å². The highest BCUT2D eigenvalue weighted by molar-refractivity contribution is 5.80. The summed E-state index contributed by atoms with van der Waals surface area (Å²) in [7, 11) is 2.24. The van der Waals surface area contributed by atoms with Gasteiger partial charge in [-0.1, -0.05) is 24.3 Å². The lowest BCUT2D eigenvalue weighted by Crippen LogP contribution is -2.58. The molecule has 5 rings (SSSR count). The molecule has 0 radical (unpaired) electrons. The number of carbonyl (C=O) groups excluding carboxylic acids is 1. The van der Waals surface area contributed by atoms with E-state index < -0.39 is 0 Å². The first-order valence-electron chi connectivity index (χ1n) is 13.5. The molecule has 1 atom stereocenters. The number of benzene rings is 1. The van der Waals surface area contributed by atoms with Crippen LogP contribution in [-0.4, -0.2) is 95.9 Å². The molecule has 8 heteroatoms. The highest BCUT2D eigenvalue weighted by Gasteiger charge is 2.37. The van der Waals surface area contributed by atoms with Crippen LogP contribution in [-0.2, 0) is 10.3 Å². The minimum Gasteiger partial charge on any atom is -0.450 e. The Balaban J connectivity index is 1.36. The number of aromatic nitrogens is 2. The van der Waals surface area contributed by atoms with E-state index in [2.05, 4.69) is 90.2 Å². The lowest BCUT2D eigenvalue weighted by molar-refractivity contribution is 0.0102. The fourth-order valence-electron chi connectivity index (χ4n) is 5.66. The number of rotatable bonds is 5. The lowest BCUT2D eigenvalue weighted by atomic mass is 9.86. The Morgan fingerprint density at radius 3 is 2.43 bits per heavy atom. The van der Waals surface area contributed by atoms with Gasteiger partial charge in [-0.2, -0.15) is 5.10 Å². The van der Waals surface area contributed by atoms with Crippen LogP contribution in [0.2, 0.25) is 0 Å². The van der Waals surface area contributed by atoms with Crippen LogP contribution in [0.25, 0.3) is 16.6 Å². The van der Waals surface area contributed by atoms with E-state index in [9.17, 15) is 4.79 Å². The second kappa shape index (κ2) is 10.3. The second-order valence-electron chi connectivity index (χ2n) is 10.8. The number of piperazine rings is 2. The lowest BCUT2D eigenvalue weighted by Gasteiger charge is -2.49. The van der Waals surface area contributed by atoms with Crippen molar-refractivity contribution in [1.29, 1.82) is 0 Å². The number of hydrogen-bond donors (Lipinski definition) is 0. The summed E-state index contributed by atoms with van der Waals surface area (Å²) in [5, 5.41) is 4.58. The summed E-state index contributed by atoms with van der Waals surface area (Å²) in [6, 6.07) is 13.9. The van der Waals surface area contributed by atoms with Crippen molar-refractivity contribution in [2.24, 2.45) is 0 Å². The van der Waals surface area contributed by atoms with Crippen molar-refractivity contribution in [2.75, 3.05) is 64.4 Å². The van der Waals surface area contributed by atoms with Gasteiger partial charge >= 0.3 is 6.09 Å². The average Bonchev–Trinajstić information content (AvgIpc) is 3.35. The van der Waals surface area contributed by atoms with E-state index in [4.69, 9.17) is 4.74 Å². The maximum absolute atomic E-state index is 12.1. The van der Waals surface area contributed by atoms with Crippen LogP contribution in [0, 0.1) is 0 Å². The minimum atomic E-state index is -0.222. The molecule has 2 aliphatic heterocycles. The number of anilines is 1. The number of nitrogens with zero attached hydrogens (tertiary/aromatic N) is 6. The fourth-order valence-corrected chi connectivity index (χ4v) is 5.66. The van der Waals surface area contributed by atoms with Crippen LogP contribution in [0.1, 0.15) is 33.3 Å². The maximum Gasteiger partial charge on any atom is 0.409 e. The van der Waals surface area contributed by atoms with Gasteiger partial charge in [0.05, 0.1) is 23.3 Å². The van der Waals surface area contributed by atoms with Gasteiger partial charge < -0.3 is 14.5 Å². The Bertz CT molecular complexity index is 1230. The van der Waals surface area contributed by atoms with Crippen LogP contribution >= 0.6 is 0 Å². The molecule has 2 aromatic heterocycles. The van der Waals surface area contributed by atoms with Crippen LogP contribution < -0.4 is 4.90 Å². The summed E-state index contributed by atoms with van der Waals surface area (Å²) in [6.45, 7) is 15.3. The molecule has 0 N–H and O–H groups in total. The van der Waals surface area contributed by atoms with Gasteiger partial charge in [-0.05, 0) is 58.0 Å². The Kier molecular flexibility index (Phi) is 7.14. The average molecular weight is 505 g/mol. The third kappa shape index (κ3) is 4.92. The van der Waals surface area contributed by atoms with Crippen molar-refractivity contribution in [3.63, 3.8) is 0 Å². The molecule has 8 nitrogen and oxygen atoms in total. The molecule has 1 unspecified atom stereocenters. The van der Waals surface area contributed by atoms with Gasteiger partial charge in [0.2, 0.25) is 0 Å². The SMILES string of the molecule is CCOC(=O)N1CCN(c2ccnn3cc(-c4ccc(C5(C)CN(C(C)C)CCN5C)cc4)cc23)CC1. The Labute approximate surface area is 220 Å². The molecular weight excluding hydrogens is 464 g/mol. The molecule has 37 heavy (non-hydrogen) atoms. The van der Waals surface area contributed by atoms with E-state index in [0.717, 1.165) is 49.5 Å². The number of carbonyl (C=O) groups is 1. The second-order valence-corrected chi connectivity index (χ2v) is 10.8. The zero-order valence-electron chi connectivity index (χ0n) is 22.9.